The van der Waals surface area contributed by atoms with Gasteiger partial charge in [0.05, 0.1) is 34.2 Å². The normalized spacial score (nSPS) is 20.1. The van der Waals surface area contributed by atoms with E-state index in [0.29, 0.717) is 24.1 Å². The quantitative estimate of drug-likeness (QED) is 0.208. The second kappa shape index (κ2) is 10.4. The number of rotatable bonds is 8. The number of non-ortho nitro benzene ring substituents is 1. The highest BCUT2D eigenvalue weighted by Gasteiger charge is 2.55. The predicted octanol–water partition coefficient (Wildman–Crippen LogP) is 3.38. The number of aromatic nitrogens is 1. The summed E-state index contributed by atoms with van der Waals surface area (Å²) in [5.41, 5.74) is 2.59. The molecule has 2 saturated heterocycles. The van der Waals surface area contributed by atoms with Gasteiger partial charge in [0.2, 0.25) is 5.91 Å². The second-order valence-electron chi connectivity index (χ2n) is 8.62. The van der Waals surface area contributed by atoms with Crippen molar-refractivity contribution in [1.29, 1.82) is 0 Å². The SMILES string of the molecule is O=C(NCc1ccccn1)c1ccc(C2S[C@H]3CC(=O)N3C2C(=O)OCc2ccc([N+](=O)[O-])cc2)cc1. The number of amides is 2. The fraction of sp³-hybridized carbons (Fsp3) is 0.231. The fourth-order valence-corrected chi connectivity index (χ4v) is 5.95. The van der Waals surface area contributed by atoms with E-state index >= 15 is 0 Å². The standard InChI is InChI=1S/C26H22N4O6S/c31-21-13-22-29(21)23(26(33)36-15-16-4-10-20(11-5-16)30(34)35)24(37-22)17-6-8-18(9-7-17)25(32)28-14-19-3-1-2-12-27-19/h1-12,22-24H,13-15H2,(H,28,32)/t22-,23?,24?/m0/s1. The monoisotopic (exact) mass is 518 g/mol. The van der Waals surface area contributed by atoms with E-state index in [1.165, 1.54) is 36.0 Å². The van der Waals surface area contributed by atoms with Gasteiger partial charge in [-0.15, -0.1) is 11.8 Å². The van der Waals surface area contributed by atoms with Gasteiger partial charge in [0.15, 0.2) is 0 Å². The van der Waals surface area contributed by atoms with Gasteiger partial charge in [-0.3, -0.25) is 24.7 Å². The number of pyridine rings is 1. The Hall–Kier alpha value is -4.25. The summed E-state index contributed by atoms with van der Waals surface area (Å²) in [7, 11) is 0. The number of carbonyl (C=O) groups excluding carboxylic acids is 3. The number of carbonyl (C=O) groups is 3. The first-order valence-electron chi connectivity index (χ1n) is 11.6. The molecule has 0 bridgehead atoms. The summed E-state index contributed by atoms with van der Waals surface area (Å²) in [6, 6.07) is 17.4. The third kappa shape index (κ3) is 5.17. The lowest BCUT2D eigenvalue weighted by atomic mass is 9.99. The second-order valence-corrected chi connectivity index (χ2v) is 9.94. The van der Waals surface area contributed by atoms with Crippen molar-refractivity contribution in [3.63, 3.8) is 0 Å². The van der Waals surface area contributed by atoms with Crippen LogP contribution in [0, 0.1) is 10.1 Å². The van der Waals surface area contributed by atoms with Crippen LogP contribution in [0.1, 0.15) is 38.8 Å². The van der Waals surface area contributed by atoms with Crippen LogP contribution in [0.2, 0.25) is 0 Å². The highest BCUT2D eigenvalue weighted by Crippen LogP contribution is 2.52. The van der Waals surface area contributed by atoms with Crippen LogP contribution in [0.3, 0.4) is 0 Å². The number of nitrogens with one attached hydrogen (secondary N) is 1. The molecule has 2 amide bonds. The van der Waals surface area contributed by atoms with Gasteiger partial charge in [0, 0.05) is 23.9 Å². The van der Waals surface area contributed by atoms with Crippen LogP contribution in [0.25, 0.3) is 0 Å². The van der Waals surface area contributed by atoms with E-state index in [0.717, 1.165) is 11.3 Å². The van der Waals surface area contributed by atoms with Gasteiger partial charge in [0.1, 0.15) is 12.6 Å². The lowest BCUT2D eigenvalue weighted by Gasteiger charge is -2.36. The Morgan fingerprint density at radius 2 is 1.86 bits per heavy atom. The maximum atomic E-state index is 13.1. The molecule has 3 heterocycles. The number of nitro benzene ring substituents is 1. The van der Waals surface area contributed by atoms with Gasteiger partial charge in [-0.1, -0.05) is 18.2 Å². The molecule has 0 aliphatic carbocycles. The summed E-state index contributed by atoms with van der Waals surface area (Å²) in [6.07, 6.45) is 2.03. The lowest BCUT2D eigenvalue weighted by Crippen LogP contribution is -2.54. The third-order valence-electron chi connectivity index (χ3n) is 6.26. The molecule has 2 aromatic carbocycles. The molecule has 3 aromatic rings. The molecule has 2 aliphatic rings. The van der Waals surface area contributed by atoms with E-state index in [4.69, 9.17) is 4.74 Å². The van der Waals surface area contributed by atoms with Crippen molar-refractivity contribution in [2.45, 2.75) is 36.2 Å². The minimum absolute atomic E-state index is 0.0507. The number of hydrogen-bond acceptors (Lipinski definition) is 8. The zero-order valence-electron chi connectivity index (χ0n) is 19.5. The number of benzene rings is 2. The zero-order chi connectivity index (χ0) is 25.9. The number of esters is 1. The molecule has 2 aliphatic heterocycles. The largest absolute Gasteiger partial charge is 0.459 e. The topological polar surface area (TPSA) is 132 Å². The highest BCUT2D eigenvalue weighted by atomic mass is 32.2. The molecule has 188 valence electrons. The van der Waals surface area contributed by atoms with Crippen molar-refractivity contribution in [2.75, 3.05) is 0 Å². The van der Waals surface area contributed by atoms with Crippen LogP contribution < -0.4 is 5.32 Å². The van der Waals surface area contributed by atoms with E-state index in [1.54, 1.807) is 41.4 Å². The van der Waals surface area contributed by atoms with Gasteiger partial charge < -0.3 is 15.0 Å². The van der Waals surface area contributed by atoms with Crippen molar-refractivity contribution in [2.24, 2.45) is 0 Å². The molecule has 0 saturated carbocycles. The molecular formula is C26H22N4O6S. The molecule has 11 heteroatoms. The number of β-lactam (4-membered cyclic amide) rings is 1. The Bertz CT molecular complexity index is 1330. The minimum atomic E-state index is -0.793. The molecule has 10 nitrogen and oxygen atoms in total. The van der Waals surface area contributed by atoms with Crippen LogP contribution in [-0.2, 0) is 27.5 Å². The van der Waals surface area contributed by atoms with E-state index in [2.05, 4.69) is 10.3 Å². The molecular weight excluding hydrogens is 496 g/mol. The molecule has 0 spiro atoms. The van der Waals surface area contributed by atoms with E-state index in [1.807, 2.05) is 12.1 Å². The lowest BCUT2D eigenvalue weighted by molar-refractivity contribution is -0.384. The van der Waals surface area contributed by atoms with Crippen molar-refractivity contribution in [3.8, 4) is 0 Å². The predicted molar refractivity (Wildman–Crippen MR) is 134 cm³/mol. The Kier molecular flexibility index (Phi) is 6.87. The van der Waals surface area contributed by atoms with Crippen LogP contribution in [0.4, 0.5) is 5.69 Å². The summed E-state index contributed by atoms with van der Waals surface area (Å²) in [5.74, 6) is -0.888. The van der Waals surface area contributed by atoms with E-state index in [-0.39, 0.29) is 34.7 Å². The average Bonchev–Trinajstić information content (AvgIpc) is 3.24. The minimum Gasteiger partial charge on any atom is -0.459 e. The number of fused-ring (bicyclic) bond motifs is 1. The van der Waals surface area contributed by atoms with Crippen molar-refractivity contribution in [1.82, 2.24) is 15.2 Å². The number of nitrogens with zero attached hydrogens (tertiary/aromatic N) is 3. The highest BCUT2D eigenvalue weighted by molar-refractivity contribution is 8.00. The molecule has 2 fully saturated rings. The molecule has 37 heavy (non-hydrogen) atoms. The van der Waals surface area contributed by atoms with Crippen LogP contribution in [0.15, 0.2) is 72.9 Å². The van der Waals surface area contributed by atoms with Gasteiger partial charge in [-0.25, -0.2) is 4.79 Å². The van der Waals surface area contributed by atoms with Gasteiger partial charge in [0.25, 0.3) is 11.6 Å². The first kappa shape index (κ1) is 24.4. The van der Waals surface area contributed by atoms with Crippen molar-refractivity contribution in [3.05, 3.63) is 105 Å². The summed E-state index contributed by atoms with van der Waals surface area (Å²) < 4.78 is 5.51. The molecule has 1 N–H and O–H groups in total. The summed E-state index contributed by atoms with van der Waals surface area (Å²) in [6.45, 7) is 0.244. The third-order valence-corrected chi connectivity index (χ3v) is 7.80. The number of ether oxygens (including phenoxy) is 1. The molecule has 2 unspecified atom stereocenters. The van der Waals surface area contributed by atoms with Crippen LogP contribution in [-0.4, -0.2) is 44.0 Å². The first-order valence-corrected chi connectivity index (χ1v) is 12.5. The smallest absolute Gasteiger partial charge is 0.330 e. The Morgan fingerprint density at radius 3 is 2.51 bits per heavy atom. The molecule has 3 atom stereocenters. The number of thioether (sulfide) groups is 1. The molecule has 0 radical (unpaired) electrons. The Balaban J connectivity index is 1.25. The number of nitro groups is 1. The van der Waals surface area contributed by atoms with E-state index in [9.17, 15) is 24.5 Å². The number of hydrogen-bond donors (Lipinski definition) is 1. The van der Waals surface area contributed by atoms with Gasteiger partial charge >= 0.3 is 5.97 Å². The maximum Gasteiger partial charge on any atom is 0.330 e. The van der Waals surface area contributed by atoms with Gasteiger partial charge in [-0.2, -0.15) is 0 Å². The fourth-order valence-electron chi connectivity index (χ4n) is 4.29. The Morgan fingerprint density at radius 1 is 1.11 bits per heavy atom. The summed E-state index contributed by atoms with van der Waals surface area (Å²) in [5, 5.41) is 13.2. The summed E-state index contributed by atoms with van der Waals surface area (Å²) >= 11 is 1.52. The molecule has 5 rings (SSSR count). The van der Waals surface area contributed by atoms with Crippen LogP contribution >= 0.6 is 11.8 Å². The van der Waals surface area contributed by atoms with Crippen molar-refractivity contribution >= 4 is 35.2 Å². The Labute approximate surface area is 216 Å². The van der Waals surface area contributed by atoms with Crippen molar-refractivity contribution < 1.29 is 24.0 Å². The van der Waals surface area contributed by atoms with Crippen LogP contribution in [0.5, 0.6) is 0 Å². The van der Waals surface area contributed by atoms with Gasteiger partial charge in [-0.05, 0) is 47.5 Å². The van der Waals surface area contributed by atoms with E-state index < -0.39 is 16.9 Å². The first-order chi connectivity index (χ1) is 17.9. The summed E-state index contributed by atoms with van der Waals surface area (Å²) in [4.78, 5) is 54.0. The maximum absolute atomic E-state index is 13.1. The average molecular weight is 519 g/mol. The zero-order valence-corrected chi connectivity index (χ0v) is 20.3. The molecule has 1 aromatic heterocycles.